The molecule has 1 heterocycles. The van der Waals surface area contributed by atoms with E-state index in [1.54, 1.807) is 24.3 Å². The molecule has 108 valence electrons. The molecular weight excluding hydrogens is 252 g/mol. The molecule has 4 nitrogen and oxygen atoms in total. The molecule has 0 saturated carbocycles. The van der Waals surface area contributed by atoms with Gasteiger partial charge in [-0.25, -0.2) is 0 Å². The number of likely N-dealkylation sites (tertiary alicyclic amines) is 1. The van der Waals surface area contributed by atoms with Crippen LogP contribution in [0.5, 0.6) is 0 Å². The first-order valence-corrected chi connectivity index (χ1v) is 7.05. The molecule has 1 amide bonds. The van der Waals surface area contributed by atoms with E-state index in [1.807, 2.05) is 4.90 Å². The van der Waals surface area contributed by atoms with E-state index in [2.05, 4.69) is 19.0 Å². The highest BCUT2D eigenvalue weighted by atomic mass is 16.2. The molecule has 20 heavy (non-hydrogen) atoms. The Labute approximate surface area is 120 Å². The van der Waals surface area contributed by atoms with Crippen LogP contribution in [0.1, 0.15) is 40.5 Å². The number of carbonyl (C=O) groups excluding carboxylic acids is 2. The van der Waals surface area contributed by atoms with Gasteiger partial charge in [0.15, 0.2) is 5.78 Å². The largest absolute Gasteiger partial charge is 0.337 e. The van der Waals surface area contributed by atoms with Crippen molar-refractivity contribution >= 4 is 11.7 Å². The van der Waals surface area contributed by atoms with Crippen molar-refractivity contribution in [3.63, 3.8) is 0 Å². The predicted molar refractivity (Wildman–Crippen MR) is 79.1 cm³/mol. The lowest BCUT2D eigenvalue weighted by Gasteiger charge is -2.36. The Balaban J connectivity index is 2.08. The number of amides is 1. The number of carbonyl (C=O) groups is 2. The van der Waals surface area contributed by atoms with E-state index in [4.69, 9.17) is 0 Å². The molecule has 2 rings (SSSR count). The SMILES string of the molecule is CC(=O)c1ccc(C(=O)N2CCCC(N(C)C)C2)cc1. The second-order valence-corrected chi connectivity index (χ2v) is 5.64. The van der Waals surface area contributed by atoms with Crippen LogP contribution in [0.3, 0.4) is 0 Å². The fraction of sp³-hybridized carbons (Fsp3) is 0.500. The molecule has 0 aliphatic carbocycles. The number of rotatable bonds is 3. The Hall–Kier alpha value is -1.68. The van der Waals surface area contributed by atoms with Gasteiger partial charge in [0.05, 0.1) is 0 Å². The highest BCUT2D eigenvalue weighted by Crippen LogP contribution is 2.17. The van der Waals surface area contributed by atoms with Gasteiger partial charge in [0.1, 0.15) is 0 Å². The van der Waals surface area contributed by atoms with Crippen LogP contribution >= 0.6 is 0 Å². The molecular formula is C16H22N2O2. The van der Waals surface area contributed by atoms with Crippen LogP contribution in [0, 0.1) is 0 Å². The molecule has 1 saturated heterocycles. The number of piperidine rings is 1. The summed E-state index contributed by atoms with van der Waals surface area (Å²) in [6.07, 6.45) is 2.18. The van der Waals surface area contributed by atoms with E-state index in [-0.39, 0.29) is 11.7 Å². The second kappa shape index (κ2) is 6.18. The highest BCUT2D eigenvalue weighted by molar-refractivity contribution is 5.97. The minimum absolute atomic E-state index is 0.0228. The molecule has 1 aliphatic heterocycles. The molecule has 1 aromatic rings. The molecule has 0 spiro atoms. The van der Waals surface area contributed by atoms with Crippen molar-refractivity contribution in [3.8, 4) is 0 Å². The van der Waals surface area contributed by atoms with E-state index in [9.17, 15) is 9.59 Å². The third-order valence-electron chi connectivity index (χ3n) is 3.95. The first-order chi connectivity index (χ1) is 9.49. The van der Waals surface area contributed by atoms with Crippen LogP contribution in [0.2, 0.25) is 0 Å². The van der Waals surface area contributed by atoms with E-state index in [0.717, 1.165) is 25.9 Å². The third kappa shape index (κ3) is 3.25. The third-order valence-corrected chi connectivity index (χ3v) is 3.95. The van der Waals surface area contributed by atoms with E-state index in [0.29, 0.717) is 17.2 Å². The van der Waals surface area contributed by atoms with Crippen LogP contribution in [-0.2, 0) is 0 Å². The number of hydrogen-bond donors (Lipinski definition) is 0. The number of nitrogens with zero attached hydrogens (tertiary/aromatic N) is 2. The fourth-order valence-electron chi connectivity index (χ4n) is 2.59. The number of hydrogen-bond acceptors (Lipinski definition) is 3. The second-order valence-electron chi connectivity index (χ2n) is 5.64. The van der Waals surface area contributed by atoms with Crippen molar-refractivity contribution < 1.29 is 9.59 Å². The van der Waals surface area contributed by atoms with Gasteiger partial charge in [-0.2, -0.15) is 0 Å². The van der Waals surface area contributed by atoms with Gasteiger partial charge in [-0.3, -0.25) is 9.59 Å². The molecule has 1 fully saturated rings. The fourth-order valence-corrected chi connectivity index (χ4v) is 2.59. The van der Waals surface area contributed by atoms with Crippen molar-refractivity contribution in [2.75, 3.05) is 27.2 Å². The van der Waals surface area contributed by atoms with Crippen molar-refractivity contribution in [2.45, 2.75) is 25.8 Å². The van der Waals surface area contributed by atoms with Gasteiger partial charge in [-0.1, -0.05) is 12.1 Å². The predicted octanol–water partition coefficient (Wildman–Crippen LogP) is 2.06. The van der Waals surface area contributed by atoms with Crippen LogP contribution in [0.15, 0.2) is 24.3 Å². The number of ketones is 1. The van der Waals surface area contributed by atoms with Crippen LogP contribution in [-0.4, -0.2) is 54.7 Å². The monoisotopic (exact) mass is 274 g/mol. The van der Waals surface area contributed by atoms with E-state index >= 15 is 0 Å². The Bertz CT molecular complexity index is 494. The van der Waals surface area contributed by atoms with Crippen LogP contribution < -0.4 is 0 Å². The van der Waals surface area contributed by atoms with Crippen LogP contribution in [0.4, 0.5) is 0 Å². The molecule has 0 bridgehead atoms. The Morgan fingerprint density at radius 1 is 1.15 bits per heavy atom. The Morgan fingerprint density at radius 3 is 2.30 bits per heavy atom. The summed E-state index contributed by atoms with van der Waals surface area (Å²) in [6.45, 7) is 3.13. The van der Waals surface area contributed by atoms with Gasteiger partial charge in [-0.05, 0) is 46.0 Å². The zero-order valence-corrected chi connectivity index (χ0v) is 12.4. The molecule has 0 aromatic heterocycles. The molecule has 1 unspecified atom stereocenters. The first-order valence-electron chi connectivity index (χ1n) is 7.05. The molecule has 0 radical (unpaired) electrons. The molecule has 1 aromatic carbocycles. The van der Waals surface area contributed by atoms with Crippen molar-refractivity contribution in [2.24, 2.45) is 0 Å². The molecule has 0 N–H and O–H groups in total. The zero-order valence-electron chi connectivity index (χ0n) is 12.4. The lowest BCUT2D eigenvalue weighted by molar-refractivity contribution is 0.0635. The lowest BCUT2D eigenvalue weighted by Crippen LogP contribution is -2.47. The van der Waals surface area contributed by atoms with Crippen molar-refractivity contribution in [1.29, 1.82) is 0 Å². The van der Waals surface area contributed by atoms with Crippen molar-refractivity contribution in [1.82, 2.24) is 9.80 Å². The molecule has 4 heteroatoms. The number of likely N-dealkylation sites (N-methyl/N-ethyl adjacent to an activating group) is 1. The Morgan fingerprint density at radius 2 is 1.75 bits per heavy atom. The van der Waals surface area contributed by atoms with Gasteiger partial charge in [-0.15, -0.1) is 0 Å². The summed E-state index contributed by atoms with van der Waals surface area (Å²) in [5, 5.41) is 0. The van der Waals surface area contributed by atoms with Gasteiger partial charge < -0.3 is 9.80 Å². The minimum atomic E-state index is 0.0228. The molecule has 1 aliphatic rings. The first kappa shape index (κ1) is 14.7. The topological polar surface area (TPSA) is 40.6 Å². The van der Waals surface area contributed by atoms with E-state index < -0.39 is 0 Å². The summed E-state index contributed by atoms with van der Waals surface area (Å²) < 4.78 is 0. The Kier molecular flexibility index (Phi) is 4.55. The van der Waals surface area contributed by atoms with Gasteiger partial charge in [0.2, 0.25) is 0 Å². The van der Waals surface area contributed by atoms with E-state index in [1.165, 1.54) is 6.92 Å². The minimum Gasteiger partial charge on any atom is -0.337 e. The van der Waals surface area contributed by atoms with Gasteiger partial charge in [0, 0.05) is 30.3 Å². The quantitative estimate of drug-likeness (QED) is 0.792. The number of benzene rings is 1. The smallest absolute Gasteiger partial charge is 0.253 e. The summed E-state index contributed by atoms with van der Waals surface area (Å²) in [5.74, 6) is 0.0845. The summed E-state index contributed by atoms with van der Waals surface area (Å²) >= 11 is 0. The highest BCUT2D eigenvalue weighted by Gasteiger charge is 2.25. The summed E-state index contributed by atoms with van der Waals surface area (Å²) in [6, 6.07) is 7.38. The van der Waals surface area contributed by atoms with Gasteiger partial charge in [0.25, 0.3) is 5.91 Å². The maximum atomic E-state index is 12.5. The number of Topliss-reactive ketones (excluding diaryl/α,β-unsaturated/α-hetero) is 1. The normalized spacial score (nSPS) is 19.2. The summed E-state index contributed by atoms with van der Waals surface area (Å²) in [5.41, 5.74) is 1.31. The maximum Gasteiger partial charge on any atom is 0.253 e. The standard InChI is InChI=1S/C16H22N2O2/c1-12(19)13-6-8-14(9-7-13)16(20)18-10-4-5-15(11-18)17(2)3/h6-9,15H,4-5,10-11H2,1-3H3. The van der Waals surface area contributed by atoms with Crippen LogP contribution in [0.25, 0.3) is 0 Å². The zero-order chi connectivity index (χ0) is 14.7. The van der Waals surface area contributed by atoms with Gasteiger partial charge >= 0.3 is 0 Å². The van der Waals surface area contributed by atoms with Crippen molar-refractivity contribution in [3.05, 3.63) is 35.4 Å². The lowest BCUT2D eigenvalue weighted by atomic mass is 10.0. The molecule has 1 atom stereocenters. The summed E-state index contributed by atoms with van der Waals surface area (Å²) in [7, 11) is 4.11. The summed E-state index contributed by atoms with van der Waals surface area (Å²) in [4.78, 5) is 27.8. The average Bonchev–Trinajstić information content (AvgIpc) is 2.46. The average molecular weight is 274 g/mol. The maximum absolute atomic E-state index is 12.5.